The summed E-state index contributed by atoms with van der Waals surface area (Å²) in [5, 5.41) is 2.15. The second-order valence-corrected chi connectivity index (χ2v) is 5.15. The maximum atomic E-state index is 11.5. The number of hydrogen-bond donors (Lipinski definition) is 1. The molecule has 4 nitrogen and oxygen atoms in total. The van der Waals surface area contributed by atoms with Crippen LogP contribution in [0.3, 0.4) is 0 Å². The first-order valence-corrected chi connectivity index (χ1v) is 6.26. The van der Waals surface area contributed by atoms with E-state index in [2.05, 4.69) is 10.3 Å². The van der Waals surface area contributed by atoms with E-state index >= 15 is 0 Å². The van der Waals surface area contributed by atoms with Crippen LogP contribution in [0.1, 0.15) is 32.6 Å². The van der Waals surface area contributed by atoms with Crippen LogP contribution in [0.2, 0.25) is 0 Å². The topological polar surface area (TPSA) is 55.1 Å². The Morgan fingerprint density at radius 1 is 1.39 bits per heavy atom. The minimum Gasteiger partial charge on any atom is -0.440 e. The summed E-state index contributed by atoms with van der Waals surface area (Å²) in [7, 11) is 0. The van der Waals surface area contributed by atoms with E-state index in [9.17, 15) is 4.79 Å². The number of hydrogen-bond acceptors (Lipinski definition) is 3. The van der Waals surface area contributed by atoms with E-state index < -0.39 is 5.38 Å². The molecule has 96 valence electrons. The Morgan fingerprint density at radius 2 is 2.11 bits per heavy atom. The van der Waals surface area contributed by atoms with Crippen LogP contribution in [-0.2, 0) is 4.79 Å². The average Bonchev–Trinajstić information content (AvgIpc) is 2.71. The molecule has 0 fully saturated rings. The second kappa shape index (κ2) is 4.98. The number of nitrogens with one attached hydrogen (secondary N) is 1. The van der Waals surface area contributed by atoms with E-state index in [1.54, 1.807) is 25.1 Å². The van der Waals surface area contributed by atoms with Crippen LogP contribution in [0.25, 0.3) is 11.1 Å². The van der Waals surface area contributed by atoms with Crippen molar-refractivity contribution < 1.29 is 9.21 Å². The van der Waals surface area contributed by atoms with Crippen molar-refractivity contribution in [3.63, 3.8) is 0 Å². The lowest BCUT2D eigenvalue weighted by Crippen LogP contribution is -2.20. The zero-order chi connectivity index (χ0) is 13.3. The zero-order valence-corrected chi connectivity index (χ0v) is 11.3. The minimum absolute atomic E-state index is 0.233. The molecule has 0 aliphatic rings. The lowest BCUT2D eigenvalue weighted by atomic mass is 10.2. The molecule has 1 amide bonds. The lowest BCUT2D eigenvalue weighted by Gasteiger charge is -2.05. The van der Waals surface area contributed by atoms with Crippen molar-refractivity contribution in [2.24, 2.45) is 0 Å². The third kappa shape index (κ3) is 2.64. The molecule has 1 heterocycles. The Bertz CT molecular complexity index is 575. The van der Waals surface area contributed by atoms with Crippen molar-refractivity contribution in [1.82, 2.24) is 4.98 Å². The number of fused-ring (bicyclic) bond motifs is 1. The number of carbonyl (C=O) groups excluding carboxylic acids is 1. The number of halogens is 1. The predicted molar refractivity (Wildman–Crippen MR) is 72.0 cm³/mol. The van der Waals surface area contributed by atoms with E-state index in [0.29, 0.717) is 11.6 Å². The highest BCUT2D eigenvalue weighted by molar-refractivity contribution is 6.32. The lowest BCUT2D eigenvalue weighted by molar-refractivity contribution is -0.115. The molecule has 1 aromatic heterocycles. The molecule has 18 heavy (non-hydrogen) atoms. The molecule has 1 N–H and O–H groups in total. The molecule has 0 saturated heterocycles. The normalized spacial score (nSPS) is 12.9. The van der Waals surface area contributed by atoms with Crippen molar-refractivity contribution in [3.8, 4) is 0 Å². The van der Waals surface area contributed by atoms with Gasteiger partial charge < -0.3 is 9.73 Å². The number of anilines is 1. The minimum atomic E-state index is -0.566. The van der Waals surface area contributed by atoms with Crippen molar-refractivity contribution in [1.29, 1.82) is 0 Å². The molecule has 0 saturated carbocycles. The number of aromatic nitrogens is 1. The van der Waals surface area contributed by atoms with E-state index in [1.807, 2.05) is 13.8 Å². The number of alkyl halides is 1. The second-order valence-electron chi connectivity index (χ2n) is 4.49. The van der Waals surface area contributed by atoms with Gasteiger partial charge in [0.05, 0.1) is 0 Å². The van der Waals surface area contributed by atoms with Gasteiger partial charge in [-0.25, -0.2) is 4.98 Å². The number of rotatable bonds is 3. The number of nitrogens with zero attached hydrogens (tertiary/aromatic N) is 1. The Kier molecular flexibility index (Phi) is 3.57. The van der Waals surface area contributed by atoms with Crippen LogP contribution < -0.4 is 5.32 Å². The van der Waals surface area contributed by atoms with Gasteiger partial charge in [0.1, 0.15) is 10.9 Å². The fourth-order valence-electron chi connectivity index (χ4n) is 1.51. The number of amides is 1. The summed E-state index contributed by atoms with van der Waals surface area (Å²) in [5.74, 6) is 0.695. The fourth-order valence-corrected chi connectivity index (χ4v) is 1.57. The highest BCUT2D eigenvalue weighted by atomic mass is 35.5. The van der Waals surface area contributed by atoms with Gasteiger partial charge >= 0.3 is 0 Å². The standard InChI is InChI=1S/C13H15ClN2O2/c1-7(2)13-16-10-6-9(4-5-11(10)18-13)15-12(17)8(3)14/h4-8H,1-3H3,(H,15,17). The first-order valence-electron chi connectivity index (χ1n) is 5.83. The Morgan fingerprint density at radius 3 is 2.72 bits per heavy atom. The largest absolute Gasteiger partial charge is 0.440 e. The van der Waals surface area contributed by atoms with Gasteiger partial charge in [0.15, 0.2) is 11.5 Å². The summed E-state index contributed by atoms with van der Waals surface area (Å²) in [6.45, 7) is 5.66. The van der Waals surface area contributed by atoms with Gasteiger partial charge in [0, 0.05) is 11.6 Å². The Hall–Kier alpha value is -1.55. The van der Waals surface area contributed by atoms with E-state index in [-0.39, 0.29) is 11.8 Å². The molecular formula is C13H15ClN2O2. The summed E-state index contributed by atoms with van der Waals surface area (Å²) in [6.07, 6.45) is 0. The zero-order valence-electron chi connectivity index (χ0n) is 10.5. The van der Waals surface area contributed by atoms with Crippen molar-refractivity contribution in [2.75, 3.05) is 5.32 Å². The summed E-state index contributed by atoms with van der Waals surface area (Å²) < 4.78 is 5.59. The van der Waals surface area contributed by atoms with Gasteiger partial charge in [0.25, 0.3) is 0 Å². The number of carbonyl (C=O) groups is 1. The smallest absolute Gasteiger partial charge is 0.242 e. The summed E-state index contributed by atoms with van der Waals surface area (Å²) >= 11 is 5.70. The first-order chi connectivity index (χ1) is 8.47. The van der Waals surface area contributed by atoms with Gasteiger partial charge in [-0.1, -0.05) is 13.8 Å². The summed E-state index contributed by atoms with van der Waals surface area (Å²) in [5.41, 5.74) is 2.12. The van der Waals surface area contributed by atoms with Crippen LogP contribution >= 0.6 is 11.6 Å². The van der Waals surface area contributed by atoms with Gasteiger partial charge in [0.2, 0.25) is 5.91 Å². The molecule has 0 radical (unpaired) electrons. The molecule has 1 unspecified atom stereocenters. The van der Waals surface area contributed by atoms with E-state index in [1.165, 1.54) is 0 Å². The number of benzene rings is 1. The molecule has 1 atom stereocenters. The Balaban J connectivity index is 2.29. The average molecular weight is 267 g/mol. The van der Waals surface area contributed by atoms with Gasteiger partial charge in [-0.15, -0.1) is 11.6 Å². The van der Waals surface area contributed by atoms with Crippen LogP contribution in [0.4, 0.5) is 5.69 Å². The quantitative estimate of drug-likeness (QED) is 0.865. The SMILES string of the molecule is CC(Cl)C(=O)Nc1ccc2oc(C(C)C)nc2c1. The van der Waals surface area contributed by atoms with Crippen molar-refractivity contribution in [2.45, 2.75) is 32.1 Å². The maximum Gasteiger partial charge on any atom is 0.242 e. The summed E-state index contributed by atoms with van der Waals surface area (Å²) in [6, 6.07) is 5.35. The van der Waals surface area contributed by atoms with Crippen LogP contribution in [0.15, 0.2) is 22.6 Å². The molecule has 5 heteroatoms. The number of oxazole rings is 1. The van der Waals surface area contributed by atoms with Gasteiger partial charge in [-0.3, -0.25) is 4.79 Å². The highest BCUT2D eigenvalue weighted by Gasteiger charge is 2.12. The maximum absolute atomic E-state index is 11.5. The molecule has 0 bridgehead atoms. The fraction of sp³-hybridized carbons (Fsp3) is 0.385. The van der Waals surface area contributed by atoms with Crippen molar-refractivity contribution >= 4 is 34.3 Å². The van der Waals surface area contributed by atoms with Gasteiger partial charge in [-0.05, 0) is 25.1 Å². The molecular weight excluding hydrogens is 252 g/mol. The highest BCUT2D eigenvalue weighted by Crippen LogP contribution is 2.23. The molecule has 1 aromatic carbocycles. The van der Waals surface area contributed by atoms with Crippen LogP contribution in [-0.4, -0.2) is 16.3 Å². The van der Waals surface area contributed by atoms with Gasteiger partial charge in [-0.2, -0.15) is 0 Å². The molecule has 2 rings (SSSR count). The third-order valence-electron chi connectivity index (χ3n) is 2.53. The van der Waals surface area contributed by atoms with E-state index in [4.69, 9.17) is 16.0 Å². The Labute approximate surface area is 110 Å². The molecule has 0 aliphatic carbocycles. The van der Waals surface area contributed by atoms with Crippen LogP contribution in [0, 0.1) is 0 Å². The molecule has 0 aliphatic heterocycles. The third-order valence-corrected chi connectivity index (χ3v) is 2.73. The van der Waals surface area contributed by atoms with Crippen molar-refractivity contribution in [3.05, 3.63) is 24.1 Å². The summed E-state index contributed by atoms with van der Waals surface area (Å²) in [4.78, 5) is 15.8. The predicted octanol–water partition coefficient (Wildman–Crippen LogP) is 3.52. The molecule has 0 spiro atoms. The van der Waals surface area contributed by atoms with Crippen LogP contribution in [0.5, 0.6) is 0 Å². The first kappa shape index (κ1) is 12.9. The monoisotopic (exact) mass is 266 g/mol. The molecule has 2 aromatic rings. The van der Waals surface area contributed by atoms with E-state index in [0.717, 1.165) is 11.1 Å².